The number of hydrogen-bond acceptors (Lipinski definition) is 4. The molecule has 7 N–H and O–H groups in total. The van der Waals surface area contributed by atoms with Crippen LogP contribution < -0.4 is 11.5 Å². The molecule has 166 valence electrons. The fourth-order valence-electron chi connectivity index (χ4n) is 3.20. The number of carbonyl (C=O) groups is 1. The molecule has 7 nitrogen and oxygen atoms in total. The van der Waals surface area contributed by atoms with Gasteiger partial charge in [0.05, 0.1) is 18.7 Å². The maximum absolute atomic E-state index is 12.4. The second-order valence-electron chi connectivity index (χ2n) is 6.89. The second-order valence-corrected chi connectivity index (χ2v) is 6.89. The monoisotopic (exact) mass is 463 g/mol. The zero-order chi connectivity index (χ0) is 21.0. The lowest BCUT2D eigenvalue weighted by atomic mass is 10.0. The minimum atomic E-state index is -0.281. The summed E-state index contributed by atoms with van der Waals surface area (Å²) in [4.78, 5) is 15.7. The predicted molar refractivity (Wildman–Crippen MR) is 130 cm³/mol. The highest BCUT2D eigenvalue weighted by molar-refractivity contribution is 6.01. The molecule has 1 heterocycles. The van der Waals surface area contributed by atoms with Gasteiger partial charge in [-0.3, -0.25) is 15.6 Å². The highest BCUT2D eigenvalue weighted by Gasteiger charge is 2.18. The molecule has 0 saturated carbocycles. The van der Waals surface area contributed by atoms with Crippen LogP contribution in [0.25, 0.3) is 22.2 Å². The van der Waals surface area contributed by atoms with Crippen LogP contribution in [0, 0.1) is 10.8 Å². The highest BCUT2D eigenvalue weighted by atomic mass is 35.5. The summed E-state index contributed by atoms with van der Waals surface area (Å²) in [5, 5.41) is 16.1. The number of aromatic nitrogens is 1. The summed E-state index contributed by atoms with van der Waals surface area (Å²) in [7, 11) is 0. The molecule has 2 aromatic carbocycles. The number of nitrogen functional groups attached to an aromatic ring is 2. The fourth-order valence-corrected chi connectivity index (χ4v) is 3.20. The Balaban J connectivity index is 0.00000240. The Morgan fingerprint density at radius 3 is 2.19 bits per heavy atom. The molecule has 0 fully saturated rings. The van der Waals surface area contributed by atoms with E-state index in [0.29, 0.717) is 17.7 Å². The van der Waals surface area contributed by atoms with E-state index in [1.807, 2.05) is 25.1 Å². The van der Waals surface area contributed by atoms with Crippen LogP contribution in [0.15, 0.2) is 42.5 Å². The van der Waals surface area contributed by atoms with Crippen molar-refractivity contribution < 1.29 is 9.53 Å². The summed E-state index contributed by atoms with van der Waals surface area (Å²) in [6.07, 6.45) is 1.93. The third-order valence-corrected chi connectivity index (χ3v) is 4.78. The normalized spacial score (nSPS) is 10.1. The Kier molecular flexibility index (Phi) is 9.55. The maximum Gasteiger partial charge on any atom is 0.310 e. The van der Waals surface area contributed by atoms with Crippen molar-refractivity contribution in [1.82, 2.24) is 4.98 Å². The third-order valence-electron chi connectivity index (χ3n) is 4.78. The first-order chi connectivity index (χ1) is 13.9. The first kappa shape index (κ1) is 26.0. The van der Waals surface area contributed by atoms with Gasteiger partial charge in [0.15, 0.2) is 0 Å². The number of nitrogens with two attached hydrogens (primary N) is 2. The molecule has 0 spiro atoms. The molecule has 0 unspecified atom stereocenters. The summed E-state index contributed by atoms with van der Waals surface area (Å²) in [5.74, 6) is -0.301. The average molecular weight is 464 g/mol. The molecule has 0 atom stereocenters. The largest absolute Gasteiger partial charge is 0.465 e. The van der Waals surface area contributed by atoms with E-state index in [0.717, 1.165) is 40.6 Å². The van der Waals surface area contributed by atoms with Crippen LogP contribution in [0.5, 0.6) is 0 Å². The van der Waals surface area contributed by atoms with E-state index in [1.165, 1.54) is 0 Å². The molecule has 3 rings (SSSR count). The molecule has 1 aromatic heterocycles. The van der Waals surface area contributed by atoms with Gasteiger partial charge in [-0.25, -0.2) is 0 Å². The number of hydrogen-bond donors (Lipinski definition) is 5. The lowest BCUT2D eigenvalue weighted by Gasteiger charge is -2.07. The van der Waals surface area contributed by atoms with Crippen LogP contribution >= 0.6 is 24.8 Å². The summed E-state index contributed by atoms with van der Waals surface area (Å²) >= 11 is 0. The predicted octanol–water partition coefficient (Wildman–Crippen LogP) is 4.13. The van der Waals surface area contributed by atoms with Crippen LogP contribution in [0.1, 0.15) is 36.5 Å². The number of aromatic amines is 1. The maximum atomic E-state index is 12.4. The van der Waals surface area contributed by atoms with E-state index < -0.39 is 0 Å². The Labute approximate surface area is 193 Å². The number of ether oxygens (including phenoxy) is 1. The number of H-pyrrole nitrogens is 1. The SMILES string of the molecule is CCCCOC(=O)Cc1c(-c2ccc(C(=N)N)cc2)[nH]c2cc(C(=N)N)ccc12.Cl.Cl. The Hall–Kier alpha value is -3.03. The summed E-state index contributed by atoms with van der Waals surface area (Å²) in [6, 6.07) is 12.7. The molecule has 0 amide bonds. The first-order valence-electron chi connectivity index (χ1n) is 9.50. The third kappa shape index (κ3) is 5.99. The van der Waals surface area contributed by atoms with Gasteiger partial charge >= 0.3 is 5.97 Å². The van der Waals surface area contributed by atoms with E-state index in [1.54, 1.807) is 24.3 Å². The van der Waals surface area contributed by atoms with Crippen molar-refractivity contribution in [3.63, 3.8) is 0 Å². The summed E-state index contributed by atoms with van der Waals surface area (Å²) in [6.45, 7) is 2.46. The van der Waals surface area contributed by atoms with Gasteiger partial charge in [0.1, 0.15) is 11.7 Å². The van der Waals surface area contributed by atoms with Crippen LogP contribution in [-0.2, 0) is 16.0 Å². The van der Waals surface area contributed by atoms with Gasteiger partial charge in [0.25, 0.3) is 0 Å². The van der Waals surface area contributed by atoms with Crippen molar-refractivity contribution in [3.8, 4) is 11.3 Å². The van der Waals surface area contributed by atoms with Crippen molar-refractivity contribution in [1.29, 1.82) is 10.8 Å². The van der Waals surface area contributed by atoms with Gasteiger partial charge in [0, 0.05) is 22.0 Å². The average Bonchev–Trinajstić information content (AvgIpc) is 3.05. The first-order valence-corrected chi connectivity index (χ1v) is 9.50. The number of carbonyl (C=O) groups excluding carboxylic acids is 1. The van der Waals surface area contributed by atoms with Gasteiger partial charge in [0.2, 0.25) is 0 Å². The quantitative estimate of drug-likeness (QED) is 0.148. The molecular formula is C22H27Cl2N5O2. The van der Waals surface area contributed by atoms with E-state index in [9.17, 15) is 4.79 Å². The minimum Gasteiger partial charge on any atom is -0.465 e. The van der Waals surface area contributed by atoms with Gasteiger partial charge in [-0.1, -0.05) is 49.7 Å². The van der Waals surface area contributed by atoms with Gasteiger partial charge in [-0.2, -0.15) is 0 Å². The zero-order valence-electron chi connectivity index (χ0n) is 17.2. The number of fused-ring (bicyclic) bond motifs is 1. The number of esters is 1. The van der Waals surface area contributed by atoms with E-state index in [2.05, 4.69) is 4.98 Å². The molecule has 0 aliphatic heterocycles. The topological polar surface area (TPSA) is 142 Å². The van der Waals surface area contributed by atoms with Crippen LogP contribution in [-0.4, -0.2) is 29.2 Å². The molecule has 0 saturated heterocycles. The van der Waals surface area contributed by atoms with E-state index in [-0.39, 0.29) is 48.9 Å². The molecule has 0 aliphatic carbocycles. The smallest absolute Gasteiger partial charge is 0.310 e. The number of nitrogens with one attached hydrogen (secondary N) is 3. The number of rotatable bonds is 8. The number of halogens is 2. The van der Waals surface area contributed by atoms with Crippen molar-refractivity contribution in [3.05, 3.63) is 59.2 Å². The molecule has 31 heavy (non-hydrogen) atoms. The lowest BCUT2D eigenvalue weighted by molar-refractivity contribution is -0.142. The number of amidine groups is 2. The van der Waals surface area contributed by atoms with E-state index in [4.69, 9.17) is 27.0 Å². The summed E-state index contributed by atoms with van der Waals surface area (Å²) in [5.41, 5.74) is 15.7. The van der Waals surface area contributed by atoms with Crippen molar-refractivity contribution in [2.45, 2.75) is 26.2 Å². The molecular weight excluding hydrogens is 437 g/mol. The molecule has 0 bridgehead atoms. The Morgan fingerprint density at radius 2 is 1.61 bits per heavy atom. The Morgan fingerprint density at radius 1 is 1.00 bits per heavy atom. The van der Waals surface area contributed by atoms with E-state index >= 15 is 0 Å². The number of benzene rings is 2. The van der Waals surface area contributed by atoms with Gasteiger partial charge in [-0.15, -0.1) is 24.8 Å². The Bertz CT molecular complexity index is 1080. The van der Waals surface area contributed by atoms with Crippen molar-refractivity contribution in [2.24, 2.45) is 11.5 Å². The lowest BCUT2D eigenvalue weighted by Crippen LogP contribution is -2.11. The highest BCUT2D eigenvalue weighted by Crippen LogP contribution is 2.32. The van der Waals surface area contributed by atoms with Gasteiger partial charge < -0.3 is 21.2 Å². The van der Waals surface area contributed by atoms with Crippen LogP contribution in [0.2, 0.25) is 0 Å². The second kappa shape index (κ2) is 11.4. The van der Waals surface area contributed by atoms with Gasteiger partial charge in [-0.05, 0) is 23.6 Å². The number of unbranched alkanes of at least 4 members (excludes halogenated alkanes) is 1. The fraction of sp³-hybridized carbons (Fsp3) is 0.227. The van der Waals surface area contributed by atoms with Crippen LogP contribution in [0.3, 0.4) is 0 Å². The zero-order valence-corrected chi connectivity index (χ0v) is 18.8. The molecule has 9 heteroatoms. The molecule has 0 aliphatic rings. The van der Waals surface area contributed by atoms with Crippen LogP contribution in [0.4, 0.5) is 0 Å². The van der Waals surface area contributed by atoms with Crippen molar-refractivity contribution >= 4 is 53.4 Å². The summed E-state index contributed by atoms with van der Waals surface area (Å²) < 4.78 is 5.36. The standard InChI is InChI=1S/C22H25N5O2.2ClH/c1-2-3-10-29-19(28)12-17-16-9-8-15(22(25)26)11-18(16)27-20(17)13-4-6-14(7-5-13)21(23)24;;/h4-9,11,27H,2-3,10,12H2,1H3,(H3,23,24)(H3,25,26);2*1H. The molecule has 0 radical (unpaired) electrons. The minimum absolute atomic E-state index is 0. The van der Waals surface area contributed by atoms with Crippen molar-refractivity contribution in [2.75, 3.05) is 6.61 Å². The molecule has 3 aromatic rings.